The molecule has 1 saturated carbocycles. The molecule has 2 fully saturated rings. The van der Waals surface area contributed by atoms with Crippen molar-refractivity contribution < 1.29 is 14.7 Å². The molecule has 2 N–H and O–H groups in total. The molecule has 2 unspecified atom stereocenters. The quantitative estimate of drug-likeness (QED) is 0.808. The Morgan fingerprint density at radius 1 is 1.36 bits per heavy atom. The van der Waals surface area contributed by atoms with Gasteiger partial charge in [-0.15, -0.1) is 0 Å². The summed E-state index contributed by atoms with van der Waals surface area (Å²) in [6.07, 6.45) is 7.72. The summed E-state index contributed by atoms with van der Waals surface area (Å²) in [6, 6.07) is 7.69. The molecular formula is C20H26N2O3. The number of carbonyl (C=O) groups excluding carboxylic acids is 2. The number of carbonyl (C=O) groups is 2. The molecular weight excluding hydrogens is 316 g/mol. The third kappa shape index (κ3) is 3.93. The van der Waals surface area contributed by atoms with Crippen LogP contribution in [0.2, 0.25) is 0 Å². The van der Waals surface area contributed by atoms with Crippen LogP contribution < -0.4 is 10.2 Å². The first-order valence-corrected chi connectivity index (χ1v) is 9.02. The van der Waals surface area contributed by atoms with E-state index in [-0.39, 0.29) is 29.9 Å². The van der Waals surface area contributed by atoms with Gasteiger partial charge in [0.25, 0.3) is 0 Å². The molecule has 5 nitrogen and oxygen atoms in total. The number of rotatable bonds is 5. The Balaban J connectivity index is 1.58. The summed E-state index contributed by atoms with van der Waals surface area (Å²) in [6.45, 7) is 2.90. The monoisotopic (exact) mass is 342 g/mol. The predicted molar refractivity (Wildman–Crippen MR) is 98.0 cm³/mol. The second-order valence-corrected chi connectivity index (χ2v) is 7.34. The Morgan fingerprint density at radius 2 is 2.12 bits per heavy atom. The van der Waals surface area contributed by atoms with Gasteiger partial charge in [0.2, 0.25) is 11.8 Å². The van der Waals surface area contributed by atoms with E-state index in [2.05, 4.69) is 5.32 Å². The lowest BCUT2D eigenvalue weighted by Crippen LogP contribution is -2.44. The highest BCUT2D eigenvalue weighted by atomic mass is 16.3. The van der Waals surface area contributed by atoms with Gasteiger partial charge in [-0.25, -0.2) is 0 Å². The van der Waals surface area contributed by atoms with Crippen LogP contribution in [0.5, 0.6) is 0 Å². The van der Waals surface area contributed by atoms with E-state index in [0.717, 1.165) is 43.5 Å². The van der Waals surface area contributed by atoms with E-state index in [9.17, 15) is 14.7 Å². The van der Waals surface area contributed by atoms with Crippen molar-refractivity contribution in [3.8, 4) is 0 Å². The van der Waals surface area contributed by atoms with Crippen LogP contribution in [0.4, 0.5) is 5.69 Å². The fourth-order valence-electron chi connectivity index (χ4n) is 3.75. The smallest absolute Gasteiger partial charge is 0.244 e. The second-order valence-electron chi connectivity index (χ2n) is 7.34. The van der Waals surface area contributed by atoms with Gasteiger partial charge in [0.1, 0.15) is 0 Å². The zero-order valence-corrected chi connectivity index (χ0v) is 14.7. The number of hydrogen-bond donors (Lipinski definition) is 2. The fraction of sp³-hybridized carbons (Fsp3) is 0.500. The largest absolute Gasteiger partial charge is 0.396 e. The molecule has 2 amide bonds. The number of nitrogens with zero attached hydrogens (tertiary/aromatic N) is 1. The highest BCUT2D eigenvalue weighted by Gasteiger charge is 2.38. The zero-order valence-electron chi connectivity index (χ0n) is 14.7. The lowest BCUT2D eigenvalue weighted by Gasteiger charge is -2.29. The van der Waals surface area contributed by atoms with Gasteiger partial charge < -0.3 is 15.3 Å². The Kier molecular flexibility index (Phi) is 5.23. The van der Waals surface area contributed by atoms with Crippen molar-refractivity contribution in [2.75, 3.05) is 18.1 Å². The molecule has 2 atom stereocenters. The number of aliphatic hydroxyl groups is 1. The zero-order chi connectivity index (χ0) is 17.9. The molecule has 0 radical (unpaired) electrons. The normalized spacial score (nSPS) is 26.6. The molecule has 3 rings (SSSR count). The van der Waals surface area contributed by atoms with E-state index in [1.807, 2.05) is 31.2 Å². The molecule has 1 aromatic rings. The van der Waals surface area contributed by atoms with Crippen molar-refractivity contribution >= 4 is 23.6 Å². The van der Waals surface area contributed by atoms with Gasteiger partial charge in [-0.2, -0.15) is 0 Å². The van der Waals surface area contributed by atoms with Crippen molar-refractivity contribution in [3.05, 3.63) is 35.9 Å². The highest BCUT2D eigenvalue weighted by Crippen LogP contribution is 2.37. The number of aliphatic hydroxyl groups excluding tert-OH is 1. The van der Waals surface area contributed by atoms with Crippen LogP contribution in [-0.4, -0.2) is 36.1 Å². The van der Waals surface area contributed by atoms with Crippen molar-refractivity contribution in [1.29, 1.82) is 0 Å². The first-order valence-electron chi connectivity index (χ1n) is 9.02. The minimum atomic E-state index is -0.215. The number of hydrogen-bond acceptors (Lipinski definition) is 3. The predicted octanol–water partition coefficient (Wildman–Crippen LogP) is 2.49. The SMILES string of the molecule is CC1(CO)CCCC1NC(=O)/C=C/c1ccc(N2CCCC2=O)cc1. The molecule has 0 aromatic heterocycles. The van der Waals surface area contributed by atoms with Crippen LogP contribution in [0, 0.1) is 5.41 Å². The average Bonchev–Trinajstić information content (AvgIpc) is 3.20. The summed E-state index contributed by atoms with van der Waals surface area (Å²) in [7, 11) is 0. The number of anilines is 1. The van der Waals surface area contributed by atoms with Gasteiger partial charge in [0.15, 0.2) is 0 Å². The van der Waals surface area contributed by atoms with Gasteiger partial charge >= 0.3 is 0 Å². The van der Waals surface area contributed by atoms with Crippen LogP contribution in [0.25, 0.3) is 6.08 Å². The molecule has 25 heavy (non-hydrogen) atoms. The van der Waals surface area contributed by atoms with Gasteiger partial charge in [-0.05, 0) is 43.0 Å². The van der Waals surface area contributed by atoms with Crippen molar-refractivity contribution in [2.24, 2.45) is 5.41 Å². The van der Waals surface area contributed by atoms with Crippen molar-refractivity contribution in [1.82, 2.24) is 5.32 Å². The maximum Gasteiger partial charge on any atom is 0.244 e. The van der Waals surface area contributed by atoms with Crippen molar-refractivity contribution in [2.45, 2.75) is 45.1 Å². The molecule has 1 aliphatic carbocycles. The van der Waals surface area contributed by atoms with E-state index in [0.29, 0.717) is 6.42 Å². The maximum atomic E-state index is 12.2. The molecule has 0 spiro atoms. The standard InChI is InChI=1S/C20H26N2O3/c1-20(14-23)12-2-4-17(20)21-18(24)11-8-15-6-9-16(10-7-15)22-13-3-5-19(22)25/h6-11,17,23H,2-5,12-14H2,1H3,(H,21,24)/b11-8+. The summed E-state index contributed by atoms with van der Waals surface area (Å²) in [5.74, 6) is 0.0385. The Bertz CT molecular complexity index is 668. The topological polar surface area (TPSA) is 69.6 Å². The number of benzene rings is 1. The van der Waals surface area contributed by atoms with Gasteiger partial charge in [0.05, 0.1) is 6.61 Å². The minimum absolute atomic E-state index is 0.0261. The third-order valence-electron chi connectivity index (χ3n) is 5.46. The summed E-state index contributed by atoms with van der Waals surface area (Å²) < 4.78 is 0. The summed E-state index contributed by atoms with van der Waals surface area (Å²) in [4.78, 5) is 25.7. The van der Waals surface area contributed by atoms with Gasteiger partial charge in [-0.1, -0.05) is 25.5 Å². The molecule has 1 saturated heterocycles. The molecule has 1 heterocycles. The van der Waals surface area contributed by atoms with E-state index in [1.165, 1.54) is 6.08 Å². The second kappa shape index (κ2) is 7.40. The lowest BCUT2D eigenvalue weighted by atomic mass is 9.86. The first kappa shape index (κ1) is 17.7. The van der Waals surface area contributed by atoms with Gasteiger partial charge in [-0.3, -0.25) is 9.59 Å². The molecule has 5 heteroatoms. The van der Waals surface area contributed by atoms with E-state index < -0.39 is 0 Å². The molecule has 0 bridgehead atoms. The van der Waals surface area contributed by atoms with E-state index in [1.54, 1.807) is 11.0 Å². The summed E-state index contributed by atoms with van der Waals surface area (Å²) >= 11 is 0. The lowest BCUT2D eigenvalue weighted by molar-refractivity contribution is -0.118. The van der Waals surface area contributed by atoms with Crippen LogP contribution in [0.1, 0.15) is 44.6 Å². The third-order valence-corrected chi connectivity index (χ3v) is 5.46. The van der Waals surface area contributed by atoms with Crippen LogP contribution in [0.3, 0.4) is 0 Å². The average molecular weight is 342 g/mol. The Labute approximate surface area is 148 Å². The Hall–Kier alpha value is -2.14. The van der Waals surface area contributed by atoms with E-state index in [4.69, 9.17) is 0 Å². The maximum absolute atomic E-state index is 12.2. The van der Waals surface area contributed by atoms with Gasteiger partial charge in [0, 0.05) is 36.2 Å². The van der Waals surface area contributed by atoms with Crippen molar-refractivity contribution in [3.63, 3.8) is 0 Å². The first-order chi connectivity index (χ1) is 12.0. The highest BCUT2D eigenvalue weighted by molar-refractivity contribution is 5.95. The van der Waals surface area contributed by atoms with Crippen LogP contribution >= 0.6 is 0 Å². The minimum Gasteiger partial charge on any atom is -0.396 e. The number of amides is 2. The Morgan fingerprint density at radius 3 is 2.76 bits per heavy atom. The summed E-state index contributed by atoms with van der Waals surface area (Å²) in [5, 5.41) is 12.6. The fourth-order valence-corrected chi connectivity index (χ4v) is 3.75. The molecule has 134 valence electrons. The van der Waals surface area contributed by atoms with Crippen LogP contribution in [-0.2, 0) is 9.59 Å². The van der Waals surface area contributed by atoms with E-state index >= 15 is 0 Å². The van der Waals surface area contributed by atoms with Crippen LogP contribution in [0.15, 0.2) is 30.3 Å². The molecule has 1 aliphatic heterocycles. The molecule has 2 aliphatic rings. The number of nitrogens with one attached hydrogen (secondary N) is 1. The molecule has 1 aromatic carbocycles. The summed E-state index contributed by atoms with van der Waals surface area (Å²) in [5.41, 5.74) is 1.61.